The lowest BCUT2D eigenvalue weighted by atomic mass is 9.78. The van der Waals surface area contributed by atoms with Gasteiger partial charge in [-0.25, -0.2) is 4.99 Å². The number of para-hydroxylation sites is 2. The quantitative estimate of drug-likeness (QED) is 0.304. The number of carbonyl (C=O) groups is 2. The largest absolute Gasteiger partial charge is 0.397 e. The predicted octanol–water partition coefficient (Wildman–Crippen LogP) is 6.01. The third kappa shape index (κ3) is 3.97. The normalized spacial score (nSPS) is 14.2. The Labute approximate surface area is 198 Å². The van der Waals surface area contributed by atoms with Gasteiger partial charge in [-0.15, -0.1) is 0 Å². The molecular formula is C30H22N2O2. The fourth-order valence-corrected chi connectivity index (χ4v) is 4.21. The van der Waals surface area contributed by atoms with Crippen molar-refractivity contribution < 1.29 is 9.59 Å². The lowest BCUT2D eigenvalue weighted by molar-refractivity contribution is 0.0999. The molecule has 0 unspecified atom stereocenters. The number of anilines is 1. The van der Waals surface area contributed by atoms with Crippen LogP contribution in [0.5, 0.6) is 0 Å². The van der Waals surface area contributed by atoms with E-state index in [2.05, 4.69) is 0 Å². The van der Waals surface area contributed by atoms with Gasteiger partial charge in [-0.1, -0.05) is 97.1 Å². The standard InChI is InChI=1S/C30H22N2O2/c31-25-17-9-10-18-26(25)32-28-22-15-7-8-16-23(22)30(34)24(19-20-11-3-1-4-12-20)27(28)29(33)21-13-5-2-6-14-21/h1-18H,19,31H2. The van der Waals surface area contributed by atoms with Crippen molar-refractivity contribution >= 4 is 28.7 Å². The first-order chi connectivity index (χ1) is 16.6. The van der Waals surface area contributed by atoms with Crippen LogP contribution in [0.4, 0.5) is 11.4 Å². The highest BCUT2D eigenvalue weighted by atomic mass is 16.1. The zero-order valence-corrected chi connectivity index (χ0v) is 18.4. The third-order valence-corrected chi connectivity index (χ3v) is 5.90. The van der Waals surface area contributed by atoms with E-state index >= 15 is 0 Å². The molecule has 4 nitrogen and oxygen atoms in total. The third-order valence-electron chi connectivity index (χ3n) is 5.90. The molecule has 4 aromatic carbocycles. The van der Waals surface area contributed by atoms with E-state index in [-0.39, 0.29) is 11.6 Å². The average Bonchev–Trinajstić information content (AvgIpc) is 2.89. The number of carbonyl (C=O) groups excluding carboxylic acids is 2. The Bertz CT molecular complexity index is 1450. The Hall–Kier alpha value is -4.57. The summed E-state index contributed by atoms with van der Waals surface area (Å²) in [4.78, 5) is 32.5. The number of hydrogen-bond donors (Lipinski definition) is 1. The van der Waals surface area contributed by atoms with Crippen molar-refractivity contribution in [1.82, 2.24) is 0 Å². The zero-order valence-electron chi connectivity index (χ0n) is 18.4. The molecule has 4 heteroatoms. The lowest BCUT2D eigenvalue weighted by Gasteiger charge is -2.24. The summed E-state index contributed by atoms with van der Waals surface area (Å²) in [6, 6.07) is 33.3. The Morgan fingerprint density at radius 2 is 1.29 bits per heavy atom. The average molecular weight is 443 g/mol. The zero-order chi connectivity index (χ0) is 23.5. The van der Waals surface area contributed by atoms with Crippen LogP contribution in [0.25, 0.3) is 0 Å². The predicted molar refractivity (Wildman–Crippen MR) is 136 cm³/mol. The van der Waals surface area contributed by atoms with Crippen LogP contribution < -0.4 is 5.73 Å². The van der Waals surface area contributed by atoms with E-state index in [0.29, 0.717) is 51.3 Å². The molecule has 0 saturated heterocycles. The highest BCUT2D eigenvalue weighted by Gasteiger charge is 2.34. The van der Waals surface area contributed by atoms with Crippen LogP contribution in [0.2, 0.25) is 0 Å². The molecule has 1 aliphatic carbocycles. The highest BCUT2D eigenvalue weighted by Crippen LogP contribution is 2.34. The summed E-state index contributed by atoms with van der Waals surface area (Å²) in [7, 11) is 0. The second-order valence-electron chi connectivity index (χ2n) is 8.11. The van der Waals surface area contributed by atoms with Crippen LogP contribution in [0.15, 0.2) is 125 Å². The molecule has 0 heterocycles. The lowest BCUT2D eigenvalue weighted by Crippen LogP contribution is -2.28. The molecule has 4 aromatic rings. The molecule has 0 atom stereocenters. The molecular weight excluding hydrogens is 420 g/mol. The first-order valence-electron chi connectivity index (χ1n) is 11.1. The first-order valence-corrected chi connectivity index (χ1v) is 11.1. The minimum atomic E-state index is -0.234. The van der Waals surface area contributed by atoms with Gasteiger partial charge in [0, 0.05) is 28.7 Å². The maximum absolute atomic E-state index is 13.9. The summed E-state index contributed by atoms with van der Waals surface area (Å²) < 4.78 is 0. The molecule has 0 spiro atoms. The molecule has 0 aliphatic heterocycles. The van der Waals surface area contributed by atoms with Crippen LogP contribution in [-0.2, 0) is 6.42 Å². The van der Waals surface area contributed by atoms with Gasteiger partial charge in [-0.2, -0.15) is 0 Å². The number of Topliss-reactive ketones (excluding diaryl/α,β-unsaturated/α-hetero) is 2. The molecule has 34 heavy (non-hydrogen) atoms. The molecule has 2 N–H and O–H groups in total. The Morgan fingerprint density at radius 3 is 2.00 bits per heavy atom. The van der Waals surface area contributed by atoms with E-state index in [9.17, 15) is 9.59 Å². The van der Waals surface area contributed by atoms with E-state index in [1.807, 2.05) is 84.9 Å². The molecule has 0 amide bonds. The summed E-state index contributed by atoms with van der Waals surface area (Å²) in [6.45, 7) is 0. The molecule has 0 aromatic heterocycles. The smallest absolute Gasteiger partial charge is 0.195 e. The summed E-state index contributed by atoms with van der Waals surface area (Å²) in [5.74, 6) is -0.388. The molecule has 0 bridgehead atoms. The number of nitrogen functional groups attached to an aromatic ring is 1. The Kier molecular flexibility index (Phi) is 5.71. The van der Waals surface area contributed by atoms with Gasteiger partial charge in [-0.3, -0.25) is 9.59 Å². The topological polar surface area (TPSA) is 72.5 Å². The number of nitrogens with two attached hydrogens (primary N) is 1. The SMILES string of the molecule is Nc1ccccc1N=C1C(C(=O)c2ccccc2)=C(Cc2ccccc2)C(=O)c2ccccc21. The van der Waals surface area contributed by atoms with Crippen LogP contribution in [0, 0.1) is 0 Å². The minimum Gasteiger partial charge on any atom is -0.397 e. The fraction of sp³-hybridized carbons (Fsp3) is 0.0333. The van der Waals surface area contributed by atoms with Gasteiger partial charge in [0.25, 0.3) is 0 Å². The van der Waals surface area contributed by atoms with Gasteiger partial charge in [0.2, 0.25) is 0 Å². The van der Waals surface area contributed by atoms with Crippen molar-refractivity contribution in [2.24, 2.45) is 4.99 Å². The monoisotopic (exact) mass is 442 g/mol. The van der Waals surface area contributed by atoms with Crippen molar-refractivity contribution in [3.8, 4) is 0 Å². The van der Waals surface area contributed by atoms with Crippen LogP contribution in [-0.4, -0.2) is 17.3 Å². The number of allylic oxidation sites excluding steroid dienone is 2. The number of hydrogen-bond acceptors (Lipinski definition) is 4. The maximum atomic E-state index is 13.9. The van der Waals surface area contributed by atoms with E-state index in [4.69, 9.17) is 10.7 Å². The molecule has 0 fully saturated rings. The molecule has 5 rings (SSSR count). The van der Waals surface area contributed by atoms with Crippen molar-refractivity contribution in [3.05, 3.63) is 143 Å². The van der Waals surface area contributed by atoms with Gasteiger partial charge in [-0.05, 0) is 17.7 Å². The highest BCUT2D eigenvalue weighted by molar-refractivity contribution is 6.41. The van der Waals surface area contributed by atoms with Gasteiger partial charge in [0.1, 0.15) is 0 Å². The first kappa shape index (κ1) is 21.3. The number of fused-ring (bicyclic) bond motifs is 1. The molecule has 0 saturated carbocycles. The number of nitrogens with zero attached hydrogens (tertiary/aromatic N) is 1. The van der Waals surface area contributed by atoms with Crippen molar-refractivity contribution in [1.29, 1.82) is 0 Å². The molecule has 1 aliphatic rings. The maximum Gasteiger partial charge on any atom is 0.195 e. The fourth-order valence-electron chi connectivity index (χ4n) is 4.21. The number of ketones is 2. The van der Waals surface area contributed by atoms with Crippen molar-refractivity contribution in [3.63, 3.8) is 0 Å². The summed E-state index contributed by atoms with van der Waals surface area (Å²) in [6.07, 6.45) is 0.325. The van der Waals surface area contributed by atoms with Crippen LogP contribution in [0.1, 0.15) is 31.8 Å². The molecule has 164 valence electrons. The summed E-state index contributed by atoms with van der Waals surface area (Å²) in [5, 5.41) is 0. The number of benzene rings is 4. The number of aliphatic imine (C=N–C) groups is 1. The van der Waals surface area contributed by atoms with E-state index in [0.717, 1.165) is 5.56 Å². The number of rotatable bonds is 5. The minimum absolute atomic E-state index is 0.154. The van der Waals surface area contributed by atoms with Gasteiger partial charge < -0.3 is 5.73 Å². The second kappa shape index (κ2) is 9.12. The summed E-state index contributed by atoms with van der Waals surface area (Å²) in [5.41, 5.74) is 11.1. The van der Waals surface area contributed by atoms with Crippen LogP contribution in [0.3, 0.4) is 0 Å². The van der Waals surface area contributed by atoms with E-state index in [1.54, 1.807) is 24.3 Å². The van der Waals surface area contributed by atoms with Crippen LogP contribution >= 0.6 is 0 Å². The molecule has 0 radical (unpaired) electrons. The summed E-state index contributed by atoms with van der Waals surface area (Å²) >= 11 is 0. The van der Waals surface area contributed by atoms with Crippen molar-refractivity contribution in [2.75, 3.05) is 5.73 Å². The Balaban J connectivity index is 1.80. The van der Waals surface area contributed by atoms with Gasteiger partial charge >= 0.3 is 0 Å². The Morgan fingerprint density at radius 1 is 0.706 bits per heavy atom. The van der Waals surface area contributed by atoms with Crippen molar-refractivity contribution in [2.45, 2.75) is 6.42 Å². The van der Waals surface area contributed by atoms with E-state index in [1.165, 1.54) is 0 Å². The van der Waals surface area contributed by atoms with Gasteiger partial charge in [0.15, 0.2) is 11.6 Å². The second-order valence-corrected chi connectivity index (χ2v) is 8.11. The van der Waals surface area contributed by atoms with E-state index < -0.39 is 0 Å². The van der Waals surface area contributed by atoms with Gasteiger partial charge in [0.05, 0.1) is 22.7 Å².